The highest BCUT2D eigenvalue weighted by Gasteiger charge is 2.27. The van der Waals surface area contributed by atoms with E-state index in [1.807, 2.05) is 20.8 Å². The molecule has 0 saturated heterocycles. The Labute approximate surface area is 129 Å². The lowest BCUT2D eigenvalue weighted by Gasteiger charge is -2.31. The first-order valence-electron chi connectivity index (χ1n) is 6.51. The van der Waals surface area contributed by atoms with E-state index in [9.17, 15) is 14.4 Å². The first-order chi connectivity index (χ1) is 9.20. The standard InChI is InChI=1S/C13H22N4O3.ClH/c1-8(2)5-13(3,7-14)16-10(18)9-6-15-12(20)17(4)11(9)19;/h6,8H,5,7,14H2,1-4H3,(H,15,20)(H,16,18);1H. The van der Waals surface area contributed by atoms with E-state index in [0.717, 1.165) is 10.8 Å². The van der Waals surface area contributed by atoms with Crippen LogP contribution in [0.3, 0.4) is 0 Å². The fourth-order valence-corrected chi connectivity index (χ4v) is 2.16. The van der Waals surface area contributed by atoms with E-state index in [0.29, 0.717) is 12.3 Å². The topological polar surface area (TPSA) is 110 Å². The van der Waals surface area contributed by atoms with E-state index in [-0.39, 0.29) is 24.5 Å². The van der Waals surface area contributed by atoms with E-state index >= 15 is 0 Å². The van der Waals surface area contributed by atoms with Gasteiger partial charge in [-0.15, -0.1) is 12.4 Å². The monoisotopic (exact) mass is 318 g/mol. The highest BCUT2D eigenvalue weighted by atomic mass is 35.5. The molecule has 21 heavy (non-hydrogen) atoms. The van der Waals surface area contributed by atoms with Gasteiger partial charge in [-0.2, -0.15) is 0 Å². The highest BCUT2D eigenvalue weighted by molar-refractivity contribution is 5.94. The van der Waals surface area contributed by atoms with Crippen LogP contribution in [0.4, 0.5) is 0 Å². The van der Waals surface area contributed by atoms with Gasteiger partial charge < -0.3 is 16.0 Å². The minimum absolute atomic E-state index is 0. The summed E-state index contributed by atoms with van der Waals surface area (Å²) in [5.74, 6) is -0.183. The van der Waals surface area contributed by atoms with Gasteiger partial charge in [-0.05, 0) is 19.3 Å². The van der Waals surface area contributed by atoms with Gasteiger partial charge in [0.1, 0.15) is 5.56 Å². The van der Waals surface area contributed by atoms with Crippen LogP contribution in [0.25, 0.3) is 0 Å². The molecule has 1 aromatic heterocycles. The number of aromatic nitrogens is 2. The zero-order valence-corrected chi connectivity index (χ0v) is 13.5. The molecule has 1 atom stereocenters. The van der Waals surface area contributed by atoms with Crippen LogP contribution in [0.15, 0.2) is 15.8 Å². The minimum Gasteiger partial charge on any atom is -0.345 e. The summed E-state index contributed by atoms with van der Waals surface area (Å²) in [5, 5.41) is 2.78. The maximum absolute atomic E-state index is 12.2. The first-order valence-corrected chi connectivity index (χ1v) is 6.51. The molecule has 120 valence electrons. The van der Waals surface area contributed by atoms with Crippen LogP contribution >= 0.6 is 12.4 Å². The molecular weight excluding hydrogens is 296 g/mol. The molecule has 1 aromatic rings. The zero-order valence-electron chi connectivity index (χ0n) is 12.7. The number of H-pyrrole nitrogens is 1. The molecular formula is C13H23ClN4O3. The lowest BCUT2D eigenvalue weighted by Crippen LogP contribution is -2.53. The van der Waals surface area contributed by atoms with E-state index in [4.69, 9.17) is 5.73 Å². The average Bonchev–Trinajstić information content (AvgIpc) is 2.34. The summed E-state index contributed by atoms with van der Waals surface area (Å²) in [5.41, 5.74) is 3.84. The summed E-state index contributed by atoms with van der Waals surface area (Å²) < 4.78 is 0.858. The van der Waals surface area contributed by atoms with Crippen LogP contribution in [0, 0.1) is 5.92 Å². The van der Waals surface area contributed by atoms with Crippen LogP contribution < -0.4 is 22.3 Å². The third-order valence-corrected chi connectivity index (χ3v) is 3.15. The van der Waals surface area contributed by atoms with Crippen LogP contribution in [-0.4, -0.2) is 27.5 Å². The first kappa shape index (κ1) is 19.4. The van der Waals surface area contributed by atoms with Crippen molar-refractivity contribution >= 4 is 18.3 Å². The lowest BCUT2D eigenvalue weighted by atomic mass is 9.90. The van der Waals surface area contributed by atoms with Crippen LogP contribution in [0.2, 0.25) is 0 Å². The molecule has 0 radical (unpaired) electrons. The molecule has 0 bridgehead atoms. The summed E-state index contributed by atoms with van der Waals surface area (Å²) in [7, 11) is 1.31. The van der Waals surface area contributed by atoms with Crippen LogP contribution in [-0.2, 0) is 7.05 Å². The van der Waals surface area contributed by atoms with Crippen molar-refractivity contribution in [3.8, 4) is 0 Å². The average molecular weight is 319 g/mol. The lowest BCUT2D eigenvalue weighted by molar-refractivity contribution is 0.0895. The van der Waals surface area contributed by atoms with Gasteiger partial charge in [-0.3, -0.25) is 14.2 Å². The Bertz CT molecular complexity index is 608. The molecule has 0 aliphatic heterocycles. The van der Waals surface area contributed by atoms with Crippen molar-refractivity contribution in [3.05, 3.63) is 32.6 Å². The molecule has 0 aliphatic carbocycles. The molecule has 1 unspecified atom stereocenters. The summed E-state index contributed by atoms with van der Waals surface area (Å²) >= 11 is 0. The highest BCUT2D eigenvalue weighted by Crippen LogP contribution is 2.15. The number of amides is 1. The van der Waals surface area contributed by atoms with Crippen molar-refractivity contribution in [1.29, 1.82) is 0 Å². The Morgan fingerprint density at radius 3 is 2.52 bits per heavy atom. The van der Waals surface area contributed by atoms with Gasteiger partial charge in [0.25, 0.3) is 11.5 Å². The number of carbonyl (C=O) groups excluding carboxylic acids is 1. The largest absolute Gasteiger partial charge is 0.345 e. The number of hydrogen-bond donors (Lipinski definition) is 3. The number of carbonyl (C=O) groups is 1. The van der Waals surface area contributed by atoms with Crippen molar-refractivity contribution in [3.63, 3.8) is 0 Å². The quantitative estimate of drug-likeness (QED) is 0.709. The van der Waals surface area contributed by atoms with E-state index in [2.05, 4.69) is 10.3 Å². The predicted octanol–water partition coefficient (Wildman–Crippen LogP) is -0.0113. The number of nitrogens with zero attached hydrogens (tertiary/aromatic N) is 1. The second-order valence-corrected chi connectivity index (χ2v) is 5.69. The Kier molecular flexibility index (Phi) is 6.85. The van der Waals surface area contributed by atoms with Gasteiger partial charge in [0.15, 0.2) is 0 Å². The summed E-state index contributed by atoms with van der Waals surface area (Å²) in [6.45, 7) is 6.15. The molecule has 0 spiro atoms. The summed E-state index contributed by atoms with van der Waals surface area (Å²) in [6.07, 6.45) is 1.82. The second-order valence-electron chi connectivity index (χ2n) is 5.69. The van der Waals surface area contributed by atoms with Gasteiger partial charge in [0.05, 0.1) is 0 Å². The van der Waals surface area contributed by atoms with Crippen molar-refractivity contribution in [2.75, 3.05) is 6.54 Å². The summed E-state index contributed by atoms with van der Waals surface area (Å²) in [6, 6.07) is 0. The number of aromatic amines is 1. The van der Waals surface area contributed by atoms with Gasteiger partial charge in [-0.25, -0.2) is 4.79 Å². The number of nitrogens with one attached hydrogen (secondary N) is 2. The third kappa shape index (κ3) is 4.71. The predicted molar refractivity (Wildman–Crippen MR) is 83.9 cm³/mol. The SMILES string of the molecule is CC(C)CC(C)(CN)NC(=O)c1c[nH]c(=O)n(C)c1=O.Cl. The molecule has 1 amide bonds. The molecule has 1 rings (SSSR count). The van der Waals surface area contributed by atoms with Gasteiger partial charge in [0, 0.05) is 25.3 Å². The minimum atomic E-state index is -0.629. The molecule has 0 aromatic carbocycles. The normalized spacial score (nSPS) is 13.4. The number of rotatable bonds is 5. The van der Waals surface area contributed by atoms with Crippen molar-refractivity contribution in [1.82, 2.24) is 14.9 Å². The van der Waals surface area contributed by atoms with Crippen molar-refractivity contribution in [2.24, 2.45) is 18.7 Å². The van der Waals surface area contributed by atoms with Crippen LogP contribution in [0.1, 0.15) is 37.6 Å². The number of nitrogens with two attached hydrogens (primary N) is 1. The van der Waals surface area contributed by atoms with E-state index < -0.39 is 22.7 Å². The van der Waals surface area contributed by atoms with Crippen molar-refractivity contribution in [2.45, 2.75) is 32.7 Å². The maximum atomic E-state index is 12.2. The number of halogens is 1. The Balaban J connectivity index is 0.00000400. The van der Waals surface area contributed by atoms with E-state index in [1.54, 1.807) is 0 Å². The summed E-state index contributed by atoms with van der Waals surface area (Å²) in [4.78, 5) is 37.7. The van der Waals surface area contributed by atoms with Gasteiger partial charge in [-0.1, -0.05) is 13.8 Å². The number of hydrogen-bond acceptors (Lipinski definition) is 4. The Morgan fingerprint density at radius 1 is 1.48 bits per heavy atom. The maximum Gasteiger partial charge on any atom is 0.328 e. The van der Waals surface area contributed by atoms with Crippen molar-refractivity contribution < 1.29 is 4.79 Å². The van der Waals surface area contributed by atoms with E-state index in [1.165, 1.54) is 7.05 Å². The fourth-order valence-electron chi connectivity index (χ4n) is 2.16. The van der Waals surface area contributed by atoms with Gasteiger partial charge >= 0.3 is 5.69 Å². The fraction of sp³-hybridized carbons (Fsp3) is 0.615. The van der Waals surface area contributed by atoms with Crippen LogP contribution in [0.5, 0.6) is 0 Å². The molecule has 4 N–H and O–H groups in total. The molecule has 1 heterocycles. The Morgan fingerprint density at radius 2 is 2.05 bits per heavy atom. The molecule has 8 heteroatoms. The smallest absolute Gasteiger partial charge is 0.328 e. The molecule has 0 fully saturated rings. The molecule has 7 nitrogen and oxygen atoms in total. The third-order valence-electron chi connectivity index (χ3n) is 3.15. The second kappa shape index (κ2) is 7.42. The Hall–Kier alpha value is -1.60. The zero-order chi connectivity index (χ0) is 15.5. The molecule has 0 saturated carbocycles. The van der Waals surface area contributed by atoms with Gasteiger partial charge in [0.2, 0.25) is 0 Å². The molecule has 0 aliphatic rings.